The number of methoxy groups -OCH3 is 1. The van der Waals surface area contributed by atoms with Gasteiger partial charge in [0.1, 0.15) is 11.6 Å². The van der Waals surface area contributed by atoms with Gasteiger partial charge in [0, 0.05) is 18.1 Å². The zero-order chi connectivity index (χ0) is 18.4. The molecule has 0 aliphatic carbocycles. The van der Waals surface area contributed by atoms with Crippen molar-refractivity contribution in [3.8, 4) is 11.4 Å². The van der Waals surface area contributed by atoms with Crippen LogP contribution in [0, 0.1) is 0 Å². The quantitative estimate of drug-likeness (QED) is 0.461. The summed E-state index contributed by atoms with van der Waals surface area (Å²) < 4.78 is 7.10. The number of aromatic nitrogens is 5. The highest BCUT2D eigenvalue weighted by molar-refractivity contribution is 7.99. The van der Waals surface area contributed by atoms with Crippen molar-refractivity contribution in [2.45, 2.75) is 16.1 Å². The molecule has 1 amide bonds. The lowest BCUT2D eigenvalue weighted by atomic mass is 10.3. The average Bonchev–Trinajstić information content (AvgIpc) is 3.08. The van der Waals surface area contributed by atoms with Gasteiger partial charge in [0.15, 0.2) is 10.3 Å². The van der Waals surface area contributed by atoms with Crippen molar-refractivity contribution in [2.24, 2.45) is 5.73 Å². The number of carbonyl (C=O) groups is 1. The number of nitrogens with zero attached hydrogens (tertiary/aromatic N) is 5. The zero-order valence-corrected chi connectivity index (χ0v) is 15.5. The van der Waals surface area contributed by atoms with Gasteiger partial charge in [-0.3, -0.25) is 9.36 Å². The molecule has 0 aliphatic heterocycles. The molecule has 0 fully saturated rings. The molecule has 26 heavy (non-hydrogen) atoms. The van der Waals surface area contributed by atoms with E-state index in [-0.39, 0.29) is 5.75 Å². The van der Waals surface area contributed by atoms with Crippen molar-refractivity contribution in [3.05, 3.63) is 48.5 Å². The van der Waals surface area contributed by atoms with E-state index in [2.05, 4.69) is 20.2 Å². The second-order valence-electron chi connectivity index (χ2n) is 5.01. The lowest BCUT2D eigenvalue weighted by Crippen LogP contribution is -2.13. The van der Waals surface area contributed by atoms with Crippen LogP contribution >= 0.6 is 23.5 Å². The molecule has 1 aromatic carbocycles. The van der Waals surface area contributed by atoms with Gasteiger partial charge < -0.3 is 10.5 Å². The van der Waals surface area contributed by atoms with Crippen molar-refractivity contribution in [2.75, 3.05) is 12.9 Å². The fraction of sp³-hybridized carbons (Fsp3) is 0.188. The number of carbonyl (C=O) groups excluding carboxylic acids is 1. The van der Waals surface area contributed by atoms with E-state index in [1.807, 2.05) is 28.8 Å². The third kappa shape index (κ3) is 4.52. The summed E-state index contributed by atoms with van der Waals surface area (Å²) >= 11 is 2.70. The van der Waals surface area contributed by atoms with Crippen molar-refractivity contribution in [1.82, 2.24) is 24.7 Å². The predicted octanol–water partition coefficient (Wildman–Crippen LogP) is 1.94. The van der Waals surface area contributed by atoms with Gasteiger partial charge in [-0.05, 0) is 30.3 Å². The molecule has 3 aromatic rings. The van der Waals surface area contributed by atoms with Crippen LogP contribution in [0.3, 0.4) is 0 Å². The molecule has 0 saturated heterocycles. The van der Waals surface area contributed by atoms with Crippen LogP contribution in [0.15, 0.2) is 53.0 Å². The highest BCUT2D eigenvalue weighted by Gasteiger charge is 2.16. The minimum Gasteiger partial charge on any atom is -0.497 e. The van der Waals surface area contributed by atoms with Crippen LogP contribution in [0.5, 0.6) is 5.75 Å². The normalized spacial score (nSPS) is 10.7. The van der Waals surface area contributed by atoms with Crippen LogP contribution in [0.4, 0.5) is 0 Å². The second kappa shape index (κ2) is 8.68. The number of rotatable bonds is 8. The minimum atomic E-state index is -0.409. The van der Waals surface area contributed by atoms with E-state index in [0.717, 1.165) is 17.3 Å². The predicted molar refractivity (Wildman–Crippen MR) is 99.4 cm³/mol. The fourth-order valence-corrected chi connectivity index (χ4v) is 3.53. The summed E-state index contributed by atoms with van der Waals surface area (Å²) in [6, 6.07) is 9.29. The molecule has 2 heterocycles. The SMILES string of the molecule is COc1ccc(-n2c(CSc3ncccn3)nnc2SCC(N)=O)cc1. The molecule has 0 bridgehead atoms. The Kier molecular flexibility index (Phi) is 6.08. The standard InChI is InChI=1S/C16H16N6O2S2/c1-24-12-5-3-11(4-6-12)22-14(10-25-15-18-7-2-8-19-15)20-21-16(22)26-9-13(17)23/h2-8H,9-10H2,1H3,(H2,17,23). The van der Waals surface area contributed by atoms with E-state index >= 15 is 0 Å². The number of hydrogen-bond acceptors (Lipinski definition) is 8. The summed E-state index contributed by atoms with van der Waals surface area (Å²) in [5.41, 5.74) is 6.12. The summed E-state index contributed by atoms with van der Waals surface area (Å²) in [5.74, 6) is 1.72. The van der Waals surface area contributed by atoms with Crippen LogP contribution in [0.1, 0.15) is 5.82 Å². The van der Waals surface area contributed by atoms with E-state index in [9.17, 15) is 4.79 Å². The Balaban J connectivity index is 1.88. The lowest BCUT2D eigenvalue weighted by Gasteiger charge is -2.10. The molecule has 3 rings (SSSR count). The molecule has 8 nitrogen and oxygen atoms in total. The molecule has 0 radical (unpaired) electrons. The number of ether oxygens (including phenoxy) is 1. The van der Waals surface area contributed by atoms with E-state index in [0.29, 0.717) is 16.1 Å². The highest BCUT2D eigenvalue weighted by atomic mass is 32.2. The molecule has 2 aromatic heterocycles. The van der Waals surface area contributed by atoms with Gasteiger partial charge in [-0.2, -0.15) is 0 Å². The molecular formula is C16H16N6O2S2. The van der Waals surface area contributed by atoms with Gasteiger partial charge in [-0.1, -0.05) is 23.5 Å². The number of hydrogen-bond donors (Lipinski definition) is 1. The van der Waals surface area contributed by atoms with E-state index in [1.165, 1.54) is 23.5 Å². The molecule has 10 heteroatoms. The smallest absolute Gasteiger partial charge is 0.227 e. The Morgan fingerprint density at radius 1 is 1.15 bits per heavy atom. The van der Waals surface area contributed by atoms with Gasteiger partial charge in [-0.25, -0.2) is 9.97 Å². The van der Waals surface area contributed by atoms with Gasteiger partial charge in [0.05, 0.1) is 18.6 Å². The molecular weight excluding hydrogens is 372 g/mol. The van der Waals surface area contributed by atoms with Crippen LogP contribution in [-0.2, 0) is 10.5 Å². The van der Waals surface area contributed by atoms with Crippen LogP contribution < -0.4 is 10.5 Å². The highest BCUT2D eigenvalue weighted by Crippen LogP contribution is 2.26. The van der Waals surface area contributed by atoms with Gasteiger partial charge in [0.2, 0.25) is 5.91 Å². The summed E-state index contributed by atoms with van der Waals surface area (Å²) in [7, 11) is 1.61. The first-order chi connectivity index (χ1) is 12.7. The third-order valence-corrected chi connectivity index (χ3v) is 5.07. The van der Waals surface area contributed by atoms with Crippen molar-refractivity contribution >= 4 is 29.4 Å². The number of benzene rings is 1. The Morgan fingerprint density at radius 2 is 1.88 bits per heavy atom. The van der Waals surface area contributed by atoms with Crippen LogP contribution in [0.2, 0.25) is 0 Å². The molecule has 0 aliphatic rings. The molecule has 0 unspecified atom stereocenters. The monoisotopic (exact) mass is 388 g/mol. The lowest BCUT2D eigenvalue weighted by molar-refractivity contribution is -0.115. The number of amides is 1. The Hall–Kier alpha value is -2.59. The van der Waals surface area contributed by atoms with E-state index in [1.54, 1.807) is 25.6 Å². The second-order valence-corrected chi connectivity index (χ2v) is 6.89. The summed E-state index contributed by atoms with van der Waals surface area (Å²) in [4.78, 5) is 19.5. The molecule has 2 N–H and O–H groups in total. The Morgan fingerprint density at radius 3 is 2.54 bits per heavy atom. The largest absolute Gasteiger partial charge is 0.497 e. The first kappa shape index (κ1) is 18.2. The zero-order valence-electron chi connectivity index (χ0n) is 13.9. The van der Waals surface area contributed by atoms with E-state index in [4.69, 9.17) is 10.5 Å². The first-order valence-corrected chi connectivity index (χ1v) is 9.54. The number of nitrogens with two attached hydrogens (primary N) is 1. The van der Waals surface area contributed by atoms with Crippen LogP contribution in [0.25, 0.3) is 5.69 Å². The fourth-order valence-electron chi connectivity index (χ4n) is 2.10. The maximum Gasteiger partial charge on any atom is 0.227 e. The van der Waals surface area contributed by atoms with Crippen LogP contribution in [-0.4, -0.2) is 43.5 Å². The Labute approximate surface area is 158 Å². The summed E-state index contributed by atoms with van der Waals surface area (Å²) in [5, 5.41) is 9.71. The molecule has 134 valence electrons. The van der Waals surface area contributed by atoms with Gasteiger partial charge in [-0.15, -0.1) is 10.2 Å². The molecule has 0 atom stereocenters. The number of primary amides is 1. The number of thioether (sulfide) groups is 2. The Bertz CT molecular complexity index is 870. The maximum atomic E-state index is 11.1. The first-order valence-electron chi connectivity index (χ1n) is 7.57. The summed E-state index contributed by atoms with van der Waals surface area (Å²) in [6.45, 7) is 0. The molecule has 0 spiro atoms. The van der Waals surface area contributed by atoms with Crippen molar-refractivity contribution < 1.29 is 9.53 Å². The maximum absolute atomic E-state index is 11.1. The van der Waals surface area contributed by atoms with Crippen molar-refractivity contribution in [3.63, 3.8) is 0 Å². The van der Waals surface area contributed by atoms with E-state index < -0.39 is 5.91 Å². The summed E-state index contributed by atoms with van der Waals surface area (Å²) in [6.07, 6.45) is 3.38. The molecule has 0 saturated carbocycles. The minimum absolute atomic E-state index is 0.128. The van der Waals surface area contributed by atoms with Crippen molar-refractivity contribution in [1.29, 1.82) is 0 Å². The van der Waals surface area contributed by atoms with Gasteiger partial charge in [0.25, 0.3) is 0 Å². The third-order valence-electron chi connectivity index (χ3n) is 3.25. The van der Waals surface area contributed by atoms with Gasteiger partial charge >= 0.3 is 0 Å². The average molecular weight is 388 g/mol. The topological polar surface area (TPSA) is 109 Å².